The number of anilines is 1. The van der Waals surface area contributed by atoms with Crippen LogP contribution in [0.15, 0.2) is 35.0 Å². The van der Waals surface area contributed by atoms with Crippen LogP contribution in [0.5, 0.6) is 0 Å². The molecule has 1 amide bonds. The number of aliphatic hydroxyl groups is 1. The topological polar surface area (TPSA) is 52.6 Å². The number of fused-ring (bicyclic) bond motifs is 1. The molecule has 1 aromatic carbocycles. The fourth-order valence-electron chi connectivity index (χ4n) is 2.60. The monoisotopic (exact) mass is 302 g/mol. The molecule has 3 rings (SSSR count). The molecule has 5 heteroatoms. The fourth-order valence-corrected chi connectivity index (χ4v) is 3.23. The zero-order valence-electron chi connectivity index (χ0n) is 11.9. The zero-order chi connectivity index (χ0) is 14.8. The molecule has 2 heterocycles. The van der Waals surface area contributed by atoms with Crippen LogP contribution < -0.4 is 10.2 Å². The predicted molar refractivity (Wildman–Crippen MR) is 85.0 cm³/mol. The molecule has 0 bridgehead atoms. The normalized spacial score (nSPS) is 14.9. The predicted octanol–water partition coefficient (Wildman–Crippen LogP) is 2.20. The molecule has 0 fully saturated rings. The van der Waals surface area contributed by atoms with Crippen molar-refractivity contribution >= 4 is 22.9 Å². The number of hydrogen-bond acceptors (Lipinski definition) is 4. The number of amides is 1. The summed E-state index contributed by atoms with van der Waals surface area (Å²) in [7, 11) is 2.07. The SMILES string of the molecule is CN1CCc2cc(C(O)CNC(=O)c3ccsc3)ccc21. The molecule has 0 radical (unpaired) electrons. The van der Waals surface area contributed by atoms with E-state index in [2.05, 4.69) is 17.3 Å². The average Bonchev–Trinajstić information content (AvgIpc) is 3.14. The maximum Gasteiger partial charge on any atom is 0.252 e. The van der Waals surface area contributed by atoms with Gasteiger partial charge >= 0.3 is 0 Å². The lowest BCUT2D eigenvalue weighted by Gasteiger charge is -2.15. The van der Waals surface area contributed by atoms with Crippen LogP contribution in [0.25, 0.3) is 0 Å². The Balaban J connectivity index is 1.63. The Morgan fingerprint density at radius 2 is 2.33 bits per heavy atom. The van der Waals surface area contributed by atoms with Crippen LogP contribution >= 0.6 is 11.3 Å². The van der Waals surface area contributed by atoms with Crippen molar-refractivity contribution in [1.82, 2.24) is 5.32 Å². The first-order chi connectivity index (χ1) is 10.1. The number of nitrogens with zero attached hydrogens (tertiary/aromatic N) is 1. The van der Waals surface area contributed by atoms with E-state index in [1.807, 2.05) is 23.6 Å². The summed E-state index contributed by atoms with van der Waals surface area (Å²) in [5.74, 6) is -0.142. The molecule has 0 spiro atoms. The van der Waals surface area contributed by atoms with E-state index in [-0.39, 0.29) is 12.5 Å². The third kappa shape index (κ3) is 2.94. The Hall–Kier alpha value is -1.85. The van der Waals surface area contributed by atoms with Gasteiger partial charge < -0.3 is 15.3 Å². The van der Waals surface area contributed by atoms with Crippen molar-refractivity contribution in [2.45, 2.75) is 12.5 Å². The number of rotatable bonds is 4. The number of benzene rings is 1. The van der Waals surface area contributed by atoms with E-state index in [1.165, 1.54) is 22.6 Å². The summed E-state index contributed by atoms with van der Waals surface area (Å²) in [6, 6.07) is 7.79. The maximum absolute atomic E-state index is 11.8. The number of carbonyl (C=O) groups is 1. The highest BCUT2D eigenvalue weighted by Crippen LogP contribution is 2.29. The third-order valence-corrected chi connectivity index (χ3v) is 4.54. The molecule has 2 aromatic rings. The molecule has 1 unspecified atom stereocenters. The first kappa shape index (κ1) is 14.1. The van der Waals surface area contributed by atoms with E-state index >= 15 is 0 Å². The summed E-state index contributed by atoms with van der Waals surface area (Å²) in [4.78, 5) is 14.1. The zero-order valence-corrected chi connectivity index (χ0v) is 12.7. The van der Waals surface area contributed by atoms with E-state index in [0.29, 0.717) is 5.56 Å². The Bertz CT molecular complexity index is 640. The number of hydrogen-bond donors (Lipinski definition) is 2. The first-order valence-corrected chi connectivity index (χ1v) is 7.92. The van der Waals surface area contributed by atoms with Crippen LogP contribution in [0.1, 0.15) is 27.6 Å². The van der Waals surface area contributed by atoms with E-state index in [4.69, 9.17) is 0 Å². The third-order valence-electron chi connectivity index (χ3n) is 3.86. The smallest absolute Gasteiger partial charge is 0.252 e. The number of aliphatic hydroxyl groups excluding tert-OH is 1. The second-order valence-electron chi connectivity index (χ2n) is 5.30. The molecule has 0 saturated carbocycles. The quantitative estimate of drug-likeness (QED) is 0.910. The summed E-state index contributed by atoms with van der Waals surface area (Å²) in [5, 5.41) is 16.7. The molecular formula is C16H18N2O2S. The molecular weight excluding hydrogens is 284 g/mol. The second-order valence-corrected chi connectivity index (χ2v) is 6.08. The largest absolute Gasteiger partial charge is 0.387 e. The van der Waals surface area contributed by atoms with Gasteiger partial charge in [0.25, 0.3) is 5.91 Å². The van der Waals surface area contributed by atoms with Gasteiger partial charge in [0, 0.05) is 36.8 Å². The Morgan fingerprint density at radius 1 is 1.48 bits per heavy atom. The molecule has 0 aliphatic carbocycles. The molecule has 1 aromatic heterocycles. The minimum atomic E-state index is -0.677. The van der Waals surface area contributed by atoms with Gasteiger partial charge in [-0.2, -0.15) is 11.3 Å². The minimum Gasteiger partial charge on any atom is -0.387 e. The van der Waals surface area contributed by atoms with Crippen molar-refractivity contribution < 1.29 is 9.90 Å². The molecule has 110 valence electrons. The van der Waals surface area contributed by atoms with Crippen molar-refractivity contribution in [1.29, 1.82) is 0 Å². The lowest BCUT2D eigenvalue weighted by atomic mass is 10.0. The lowest BCUT2D eigenvalue weighted by Crippen LogP contribution is -2.28. The summed E-state index contributed by atoms with van der Waals surface area (Å²) < 4.78 is 0. The average molecular weight is 302 g/mol. The minimum absolute atomic E-state index is 0.142. The van der Waals surface area contributed by atoms with Crippen molar-refractivity contribution in [3.63, 3.8) is 0 Å². The van der Waals surface area contributed by atoms with Gasteiger partial charge in [-0.05, 0) is 35.1 Å². The molecule has 2 N–H and O–H groups in total. The van der Waals surface area contributed by atoms with E-state index in [9.17, 15) is 9.90 Å². The van der Waals surface area contributed by atoms with Crippen LogP contribution in [-0.4, -0.2) is 31.2 Å². The Labute approximate surface area is 128 Å². The van der Waals surface area contributed by atoms with Crippen LogP contribution in [0, 0.1) is 0 Å². The highest BCUT2D eigenvalue weighted by Gasteiger charge is 2.18. The summed E-state index contributed by atoms with van der Waals surface area (Å²) in [5.41, 5.74) is 3.99. The van der Waals surface area contributed by atoms with Gasteiger partial charge in [0.1, 0.15) is 0 Å². The van der Waals surface area contributed by atoms with E-state index < -0.39 is 6.10 Å². The number of likely N-dealkylation sites (N-methyl/N-ethyl adjacent to an activating group) is 1. The number of nitrogens with one attached hydrogen (secondary N) is 1. The molecule has 4 nitrogen and oxygen atoms in total. The lowest BCUT2D eigenvalue weighted by molar-refractivity contribution is 0.0917. The fraction of sp³-hybridized carbons (Fsp3) is 0.312. The summed E-state index contributed by atoms with van der Waals surface area (Å²) >= 11 is 1.48. The Kier molecular flexibility index (Phi) is 3.94. The van der Waals surface area contributed by atoms with Crippen LogP contribution in [0.2, 0.25) is 0 Å². The van der Waals surface area contributed by atoms with Crippen LogP contribution in [0.3, 0.4) is 0 Å². The molecule has 1 aliphatic rings. The number of thiophene rings is 1. The van der Waals surface area contributed by atoms with Gasteiger partial charge in [0.05, 0.1) is 6.10 Å². The summed E-state index contributed by atoms with van der Waals surface area (Å²) in [6.07, 6.45) is 0.331. The van der Waals surface area contributed by atoms with Gasteiger partial charge in [-0.15, -0.1) is 0 Å². The van der Waals surface area contributed by atoms with E-state index in [1.54, 1.807) is 11.4 Å². The summed E-state index contributed by atoms with van der Waals surface area (Å²) in [6.45, 7) is 1.24. The molecule has 1 aliphatic heterocycles. The van der Waals surface area contributed by atoms with Gasteiger partial charge in [0.15, 0.2) is 0 Å². The standard InChI is InChI=1S/C16H18N2O2S/c1-18-6-4-11-8-12(2-3-14(11)18)15(19)9-17-16(20)13-5-7-21-10-13/h2-3,5,7-8,10,15,19H,4,6,9H2,1H3,(H,17,20). The van der Waals surface area contributed by atoms with Crippen molar-refractivity contribution in [2.75, 3.05) is 25.0 Å². The van der Waals surface area contributed by atoms with Crippen molar-refractivity contribution in [3.8, 4) is 0 Å². The van der Waals surface area contributed by atoms with Gasteiger partial charge in [0.2, 0.25) is 0 Å². The van der Waals surface area contributed by atoms with Gasteiger partial charge in [-0.25, -0.2) is 0 Å². The number of carbonyl (C=O) groups excluding carboxylic acids is 1. The van der Waals surface area contributed by atoms with Crippen LogP contribution in [0.4, 0.5) is 5.69 Å². The highest BCUT2D eigenvalue weighted by atomic mass is 32.1. The second kappa shape index (κ2) is 5.87. The highest BCUT2D eigenvalue weighted by molar-refractivity contribution is 7.08. The molecule has 21 heavy (non-hydrogen) atoms. The maximum atomic E-state index is 11.8. The molecule has 1 atom stereocenters. The van der Waals surface area contributed by atoms with Crippen molar-refractivity contribution in [2.24, 2.45) is 0 Å². The van der Waals surface area contributed by atoms with Gasteiger partial charge in [-0.3, -0.25) is 4.79 Å². The van der Waals surface area contributed by atoms with Gasteiger partial charge in [-0.1, -0.05) is 12.1 Å². The van der Waals surface area contributed by atoms with Crippen molar-refractivity contribution in [3.05, 3.63) is 51.7 Å². The Morgan fingerprint density at radius 3 is 3.10 bits per heavy atom. The molecule has 0 saturated heterocycles. The van der Waals surface area contributed by atoms with E-state index in [0.717, 1.165) is 18.5 Å². The van der Waals surface area contributed by atoms with Crippen LogP contribution in [-0.2, 0) is 6.42 Å². The first-order valence-electron chi connectivity index (χ1n) is 6.97.